The van der Waals surface area contributed by atoms with E-state index in [2.05, 4.69) is 15.7 Å². The van der Waals surface area contributed by atoms with Gasteiger partial charge in [-0.1, -0.05) is 0 Å². The largest absolute Gasteiger partial charge is 0.361 e. The van der Waals surface area contributed by atoms with E-state index < -0.39 is 14.8 Å². The van der Waals surface area contributed by atoms with Gasteiger partial charge in [-0.2, -0.15) is 0 Å². The van der Waals surface area contributed by atoms with E-state index in [9.17, 15) is 18.5 Å². The van der Waals surface area contributed by atoms with E-state index in [0.29, 0.717) is 18.7 Å². The first-order valence-electron chi connectivity index (χ1n) is 6.00. The van der Waals surface area contributed by atoms with E-state index in [1.807, 2.05) is 0 Å². The Hall–Kier alpha value is -1.94. The maximum Gasteiger partial charge on any atom is 0.311 e. The highest BCUT2D eigenvalue weighted by Gasteiger charge is 2.26. The van der Waals surface area contributed by atoms with Crippen LogP contribution in [0.1, 0.15) is 12.8 Å². The van der Waals surface area contributed by atoms with E-state index in [-0.39, 0.29) is 29.1 Å². The molecular weight excluding hydrogens is 286 g/mol. The number of hydrazine groups is 1. The van der Waals surface area contributed by atoms with Crippen molar-refractivity contribution in [2.24, 2.45) is 5.84 Å². The number of hydrogen-bond donors (Lipinski definition) is 3. The Morgan fingerprint density at radius 3 is 2.55 bits per heavy atom. The fourth-order valence-corrected chi connectivity index (χ4v) is 3.50. The van der Waals surface area contributed by atoms with Gasteiger partial charge in [0.2, 0.25) is 5.82 Å². The predicted molar refractivity (Wildman–Crippen MR) is 74.0 cm³/mol. The van der Waals surface area contributed by atoms with Crippen LogP contribution in [0.2, 0.25) is 0 Å². The molecule has 0 aliphatic carbocycles. The van der Waals surface area contributed by atoms with Crippen LogP contribution in [0.5, 0.6) is 0 Å². The number of nitrogens with zero attached hydrogens (tertiary/aromatic N) is 2. The van der Waals surface area contributed by atoms with Crippen molar-refractivity contribution in [3.8, 4) is 0 Å². The lowest BCUT2D eigenvalue weighted by Crippen LogP contribution is -2.32. The molecule has 1 aliphatic heterocycles. The SMILES string of the molecule is NNc1ccc([N+](=O)[O-])c(NC2CCS(=O)(=O)CC2)n1. The smallest absolute Gasteiger partial charge is 0.311 e. The maximum absolute atomic E-state index is 11.3. The van der Waals surface area contributed by atoms with Crippen LogP contribution in [0.4, 0.5) is 17.3 Å². The number of sulfone groups is 1. The van der Waals surface area contributed by atoms with E-state index in [4.69, 9.17) is 5.84 Å². The van der Waals surface area contributed by atoms with E-state index in [1.165, 1.54) is 12.1 Å². The van der Waals surface area contributed by atoms with Crippen LogP contribution in [-0.2, 0) is 9.84 Å². The van der Waals surface area contributed by atoms with Gasteiger partial charge in [-0.05, 0) is 18.9 Å². The molecule has 1 aromatic rings. The number of pyridine rings is 1. The molecule has 110 valence electrons. The van der Waals surface area contributed by atoms with Gasteiger partial charge in [-0.15, -0.1) is 0 Å². The Morgan fingerprint density at radius 2 is 2.00 bits per heavy atom. The second-order valence-corrected chi connectivity index (χ2v) is 6.84. The Kier molecular flexibility index (Phi) is 4.04. The summed E-state index contributed by atoms with van der Waals surface area (Å²) >= 11 is 0. The second kappa shape index (κ2) is 5.59. The first kappa shape index (κ1) is 14.5. The normalized spacial score (nSPS) is 18.4. The van der Waals surface area contributed by atoms with Crippen molar-refractivity contribution in [2.75, 3.05) is 22.2 Å². The minimum atomic E-state index is -2.97. The van der Waals surface area contributed by atoms with Crippen LogP contribution in [-0.4, -0.2) is 35.9 Å². The van der Waals surface area contributed by atoms with Crippen molar-refractivity contribution in [3.63, 3.8) is 0 Å². The summed E-state index contributed by atoms with van der Waals surface area (Å²) in [6.07, 6.45) is 0.808. The van der Waals surface area contributed by atoms with Gasteiger partial charge >= 0.3 is 5.69 Å². The molecule has 0 saturated carbocycles. The topological polar surface area (TPSA) is 140 Å². The quantitative estimate of drug-likeness (QED) is 0.409. The summed E-state index contributed by atoms with van der Waals surface area (Å²) in [5.41, 5.74) is 2.15. The molecule has 20 heavy (non-hydrogen) atoms. The molecule has 1 aromatic heterocycles. The number of nitrogens with one attached hydrogen (secondary N) is 2. The molecule has 0 amide bonds. The van der Waals surface area contributed by atoms with Gasteiger partial charge in [0.15, 0.2) is 0 Å². The number of anilines is 2. The molecule has 0 bridgehead atoms. The maximum atomic E-state index is 11.3. The summed E-state index contributed by atoms with van der Waals surface area (Å²) in [5.74, 6) is 5.76. The highest BCUT2D eigenvalue weighted by Crippen LogP contribution is 2.26. The molecule has 1 aliphatic rings. The summed E-state index contributed by atoms with van der Waals surface area (Å²) in [4.78, 5) is 14.4. The van der Waals surface area contributed by atoms with Gasteiger partial charge in [0.1, 0.15) is 15.7 Å². The standard InChI is InChI=1S/C10H15N5O4S/c11-14-9-2-1-8(15(16)17)10(13-9)12-7-3-5-20(18,19)6-4-7/h1-2,7H,3-6,11H2,(H2,12,13,14). The minimum absolute atomic E-state index is 0.0767. The molecule has 2 heterocycles. The monoisotopic (exact) mass is 301 g/mol. The second-order valence-electron chi connectivity index (χ2n) is 4.54. The van der Waals surface area contributed by atoms with Crippen molar-refractivity contribution in [1.82, 2.24) is 4.98 Å². The van der Waals surface area contributed by atoms with Gasteiger partial charge in [0, 0.05) is 12.1 Å². The highest BCUT2D eigenvalue weighted by atomic mass is 32.2. The zero-order chi connectivity index (χ0) is 14.8. The van der Waals surface area contributed by atoms with E-state index in [0.717, 1.165) is 0 Å². The van der Waals surface area contributed by atoms with Gasteiger partial charge in [-0.25, -0.2) is 19.2 Å². The molecule has 2 rings (SSSR count). The third-order valence-electron chi connectivity index (χ3n) is 3.11. The number of nitrogen functional groups attached to an aromatic ring is 1. The first-order valence-corrected chi connectivity index (χ1v) is 7.82. The summed E-state index contributed by atoms with van der Waals surface area (Å²) in [6, 6.07) is 2.54. The molecule has 0 aromatic carbocycles. The number of rotatable bonds is 4. The molecule has 9 nitrogen and oxygen atoms in total. The average molecular weight is 301 g/mol. The van der Waals surface area contributed by atoms with Gasteiger partial charge < -0.3 is 10.7 Å². The number of hydrogen-bond acceptors (Lipinski definition) is 8. The Labute approximate surface area is 115 Å². The lowest BCUT2D eigenvalue weighted by molar-refractivity contribution is -0.384. The Morgan fingerprint density at radius 1 is 1.35 bits per heavy atom. The van der Waals surface area contributed by atoms with Crippen molar-refractivity contribution >= 4 is 27.2 Å². The number of aromatic nitrogens is 1. The van der Waals surface area contributed by atoms with Crippen molar-refractivity contribution in [2.45, 2.75) is 18.9 Å². The van der Waals surface area contributed by atoms with E-state index in [1.54, 1.807) is 0 Å². The van der Waals surface area contributed by atoms with Crippen LogP contribution in [0.25, 0.3) is 0 Å². The average Bonchev–Trinajstić information content (AvgIpc) is 2.40. The molecule has 1 fully saturated rings. The summed E-state index contributed by atoms with van der Waals surface area (Å²) < 4.78 is 22.7. The number of nitro groups is 1. The minimum Gasteiger partial charge on any atom is -0.361 e. The first-order chi connectivity index (χ1) is 9.41. The summed E-state index contributed by atoms with van der Waals surface area (Å²) in [7, 11) is -2.97. The lowest BCUT2D eigenvalue weighted by atomic mass is 10.1. The van der Waals surface area contributed by atoms with Gasteiger partial charge in [0.05, 0.1) is 16.4 Å². The molecule has 0 radical (unpaired) electrons. The fraction of sp³-hybridized carbons (Fsp3) is 0.500. The van der Waals surface area contributed by atoms with Crippen LogP contribution in [0.3, 0.4) is 0 Å². The van der Waals surface area contributed by atoms with Crippen LogP contribution < -0.4 is 16.6 Å². The predicted octanol–water partition coefficient (Wildman–Crippen LogP) is 0.264. The van der Waals surface area contributed by atoms with Gasteiger partial charge in [0.25, 0.3) is 0 Å². The molecule has 0 unspecified atom stereocenters. The van der Waals surface area contributed by atoms with Crippen molar-refractivity contribution in [3.05, 3.63) is 22.2 Å². The van der Waals surface area contributed by atoms with Crippen LogP contribution in [0.15, 0.2) is 12.1 Å². The molecule has 4 N–H and O–H groups in total. The molecular formula is C10H15N5O4S. The van der Waals surface area contributed by atoms with Crippen molar-refractivity contribution < 1.29 is 13.3 Å². The third kappa shape index (κ3) is 3.33. The highest BCUT2D eigenvalue weighted by molar-refractivity contribution is 7.91. The number of nitrogens with two attached hydrogens (primary N) is 1. The summed E-state index contributed by atoms with van der Waals surface area (Å²) in [6.45, 7) is 0. The molecule has 0 atom stereocenters. The zero-order valence-corrected chi connectivity index (χ0v) is 11.4. The van der Waals surface area contributed by atoms with Crippen molar-refractivity contribution in [1.29, 1.82) is 0 Å². The zero-order valence-electron chi connectivity index (χ0n) is 10.6. The van der Waals surface area contributed by atoms with Crippen LogP contribution in [0, 0.1) is 10.1 Å². The van der Waals surface area contributed by atoms with Crippen LogP contribution >= 0.6 is 0 Å². The fourth-order valence-electron chi connectivity index (χ4n) is 2.01. The molecule has 1 saturated heterocycles. The van der Waals surface area contributed by atoms with E-state index >= 15 is 0 Å². The lowest BCUT2D eigenvalue weighted by Gasteiger charge is -2.23. The summed E-state index contributed by atoms with van der Waals surface area (Å²) in [5, 5.41) is 13.9. The Bertz CT molecular complexity index is 604. The third-order valence-corrected chi connectivity index (χ3v) is 4.83. The molecule has 0 spiro atoms. The molecule has 10 heteroatoms. The van der Waals surface area contributed by atoms with Gasteiger partial charge in [-0.3, -0.25) is 10.1 Å². The Balaban J connectivity index is 2.17.